The highest BCUT2D eigenvalue weighted by Gasteiger charge is 2.05. The molecule has 1 N–H and O–H groups in total. The first-order valence-corrected chi connectivity index (χ1v) is 5.04. The predicted molar refractivity (Wildman–Crippen MR) is 59.3 cm³/mol. The van der Waals surface area contributed by atoms with Gasteiger partial charge in [-0.25, -0.2) is 0 Å². The summed E-state index contributed by atoms with van der Waals surface area (Å²) in [5.41, 5.74) is 1.74. The highest BCUT2D eigenvalue weighted by molar-refractivity contribution is 5.59. The molecule has 0 spiro atoms. The van der Waals surface area contributed by atoms with Gasteiger partial charge in [0, 0.05) is 18.1 Å². The largest absolute Gasteiger partial charge is 0.497 e. The number of nitrogens with zero attached hydrogens (tertiary/aromatic N) is 1. The van der Waals surface area contributed by atoms with Gasteiger partial charge in [-0.05, 0) is 24.3 Å². The van der Waals surface area contributed by atoms with Gasteiger partial charge in [0.2, 0.25) is 0 Å². The number of hydrogen-bond donors (Lipinski definition) is 1. The van der Waals surface area contributed by atoms with E-state index in [4.69, 9.17) is 14.4 Å². The van der Waals surface area contributed by atoms with Crippen LogP contribution >= 0.6 is 0 Å². The number of ether oxygens (including phenoxy) is 1. The molecule has 84 valence electrons. The van der Waals surface area contributed by atoms with E-state index in [0.717, 1.165) is 17.0 Å². The van der Waals surface area contributed by atoms with Gasteiger partial charge in [-0.2, -0.15) is 0 Å². The van der Waals surface area contributed by atoms with Gasteiger partial charge in [-0.3, -0.25) is 0 Å². The average Bonchev–Trinajstić information content (AvgIpc) is 2.78. The van der Waals surface area contributed by atoms with Crippen LogP contribution in [0, 0.1) is 0 Å². The zero-order valence-corrected chi connectivity index (χ0v) is 9.01. The van der Waals surface area contributed by atoms with E-state index in [1.165, 1.54) is 0 Å². The average molecular weight is 219 g/mol. The highest BCUT2D eigenvalue weighted by Crippen LogP contribution is 2.22. The van der Waals surface area contributed by atoms with Gasteiger partial charge < -0.3 is 14.4 Å². The summed E-state index contributed by atoms with van der Waals surface area (Å²) in [5, 5.41) is 12.7. The molecule has 1 heterocycles. The Morgan fingerprint density at radius 2 is 2.06 bits per heavy atom. The van der Waals surface area contributed by atoms with E-state index in [-0.39, 0.29) is 6.61 Å². The summed E-state index contributed by atoms with van der Waals surface area (Å²) in [6, 6.07) is 9.41. The smallest absolute Gasteiger partial charge is 0.139 e. The van der Waals surface area contributed by atoms with Crippen molar-refractivity contribution in [3.63, 3.8) is 0 Å². The third-order valence-electron chi connectivity index (χ3n) is 2.30. The molecule has 0 aliphatic rings. The normalized spacial score (nSPS) is 10.4. The molecule has 2 aromatic rings. The van der Waals surface area contributed by atoms with Gasteiger partial charge in [-0.1, -0.05) is 5.16 Å². The van der Waals surface area contributed by atoms with Crippen LogP contribution in [-0.2, 0) is 6.42 Å². The molecule has 0 aliphatic heterocycles. The zero-order valence-electron chi connectivity index (χ0n) is 9.01. The SMILES string of the molecule is COc1ccc(-c2cc(CCO)on2)cc1. The summed E-state index contributed by atoms with van der Waals surface area (Å²) in [5.74, 6) is 1.50. The van der Waals surface area contributed by atoms with Crippen LogP contribution in [0.5, 0.6) is 5.75 Å². The lowest BCUT2D eigenvalue weighted by atomic mass is 10.1. The fourth-order valence-electron chi connectivity index (χ4n) is 1.44. The molecule has 1 aromatic carbocycles. The maximum Gasteiger partial charge on any atom is 0.139 e. The van der Waals surface area contributed by atoms with Gasteiger partial charge >= 0.3 is 0 Å². The molecular weight excluding hydrogens is 206 g/mol. The molecule has 0 radical (unpaired) electrons. The molecule has 4 nitrogen and oxygen atoms in total. The Morgan fingerprint density at radius 3 is 2.69 bits per heavy atom. The van der Waals surface area contributed by atoms with Crippen molar-refractivity contribution in [2.75, 3.05) is 13.7 Å². The predicted octanol–water partition coefficient (Wildman–Crippen LogP) is 1.88. The number of rotatable bonds is 4. The molecule has 1 aromatic heterocycles. The fourth-order valence-corrected chi connectivity index (χ4v) is 1.44. The third kappa shape index (κ3) is 2.23. The van der Waals surface area contributed by atoms with Crippen LogP contribution in [0.3, 0.4) is 0 Å². The Labute approximate surface area is 93.5 Å². The highest BCUT2D eigenvalue weighted by atomic mass is 16.5. The molecule has 0 bridgehead atoms. The summed E-state index contributed by atoms with van der Waals surface area (Å²) in [4.78, 5) is 0. The number of aliphatic hydroxyl groups is 1. The van der Waals surface area contributed by atoms with Crippen molar-refractivity contribution < 1.29 is 14.4 Å². The van der Waals surface area contributed by atoms with Crippen LogP contribution < -0.4 is 4.74 Å². The van der Waals surface area contributed by atoms with E-state index < -0.39 is 0 Å². The molecular formula is C12H13NO3. The molecule has 16 heavy (non-hydrogen) atoms. The van der Waals surface area contributed by atoms with Crippen LogP contribution in [0.25, 0.3) is 11.3 Å². The quantitative estimate of drug-likeness (QED) is 0.853. The lowest BCUT2D eigenvalue weighted by Gasteiger charge is -1.99. The summed E-state index contributed by atoms with van der Waals surface area (Å²) < 4.78 is 10.1. The third-order valence-corrected chi connectivity index (χ3v) is 2.30. The minimum absolute atomic E-state index is 0.0667. The summed E-state index contributed by atoms with van der Waals surface area (Å²) in [6.45, 7) is 0.0667. The zero-order chi connectivity index (χ0) is 11.4. The first kappa shape index (κ1) is 10.7. The van der Waals surface area contributed by atoms with Crippen LogP contribution in [0.4, 0.5) is 0 Å². The van der Waals surface area contributed by atoms with Gasteiger partial charge in [0.25, 0.3) is 0 Å². The molecule has 0 unspecified atom stereocenters. The summed E-state index contributed by atoms with van der Waals surface area (Å²) in [7, 11) is 1.63. The molecule has 0 amide bonds. The Kier molecular flexibility index (Phi) is 3.22. The number of methoxy groups -OCH3 is 1. The number of hydrogen-bond acceptors (Lipinski definition) is 4. The van der Waals surface area contributed by atoms with Gasteiger partial charge in [0.05, 0.1) is 13.7 Å². The lowest BCUT2D eigenvalue weighted by Crippen LogP contribution is -1.86. The van der Waals surface area contributed by atoms with Crippen LogP contribution in [0.1, 0.15) is 5.76 Å². The van der Waals surface area contributed by atoms with E-state index in [1.54, 1.807) is 7.11 Å². The van der Waals surface area contributed by atoms with Crippen molar-refractivity contribution in [1.82, 2.24) is 5.16 Å². The number of benzene rings is 1. The van der Waals surface area contributed by atoms with Gasteiger partial charge in [0.1, 0.15) is 17.2 Å². The molecule has 0 saturated heterocycles. The minimum Gasteiger partial charge on any atom is -0.497 e. The monoisotopic (exact) mass is 219 g/mol. The summed E-state index contributed by atoms with van der Waals surface area (Å²) >= 11 is 0. The Morgan fingerprint density at radius 1 is 1.31 bits per heavy atom. The first-order valence-electron chi connectivity index (χ1n) is 5.04. The van der Waals surface area contributed by atoms with Crippen molar-refractivity contribution in [2.45, 2.75) is 6.42 Å². The number of aromatic nitrogens is 1. The van der Waals surface area contributed by atoms with Crippen LogP contribution in [0.15, 0.2) is 34.9 Å². The maximum absolute atomic E-state index is 8.76. The molecule has 4 heteroatoms. The van der Waals surface area contributed by atoms with Crippen molar-refractivity contribution in [3.8, 4) is 17.0 Å². The maximum atomic E-state index is 8.76. The van der Waals surface area contributed by atoms with Gasteiger partial charge in [-0.15, -0.1) is 0 Å². The number of aliphatic hydroxyl groups excluding tert-OH is 1. The second kappa shape index (κ2) is 4.81. The van der Waals surface area contributed by atoms with E-state index >= 15 is 0 Å². The minimum atomic E-state index is 0.0667. The van der Waals surface area contributed by atoms with E-state index in [2.05, 4.69) is 5.16 Å². The second-order valence-corrected chi connectivity index (χ2v) is 3.38. The standard InChI is InChI=1S/C12H13NO3/c1-15-10-4-2-9(3-5-10)12-8-11(6-7-14)16-13-12/h2-5,8,14H,6-7H2,1H3. The van der Waals surface area contributed by atoms with Crippen molar-refractivity contribution >= 4 is 0 Å². The topological polar surface area (TPSA) is 55.5 Å². The first-order chi connectivity index (χ1) is 7.83. The van der Waals surface area contributed by atoms with Crippen molar-refractivity contribution in [3.05, 3.63) is 36.1 Å². The molecule has 0 atom stereocenters. The van der Waals surface area contributed by atoms with E-state index in [0.29, 0.717) is 12.2 Å². The van der Waals surface area contributed by atoms with Crippen molar-refractivity contribution in [1.29, 1.82) is 0 Å². The fraction of sp³-hybridized carbons (Fsp3) is 0.250. The second-order valence-electron chi connectivity index (χ2n) is 3.38. The lowest BCUT2D eigenvalue weighted by molar-refractivity contribution is 0.277. The van der Waals surface area contributed by atoms with E-state index in [9.17, 15) is 0 Å². The molecule has 0 saturated carbocycles. The van der Waals surface area contributed by atoms with E-state index in [1.807, 2.05) is 30.3 Å². The molecule has 0 aliphatic carbocycles. The summed E-state index contributed by atoms with van der Waals surface area (Å²) in [6.07, 6.45) is 0.489. The van der Waals surface area contributed by atoms with Crippen LogP contribution in [-0.4, -0.2) is 24.0 Å². The molecule has 0 fully saturated rings. The van der Waals surface area contributed by atoms with Crippen LogP contribution in [0.2, 0.25) is 0 Å². The Balaban J connectivity index is 2.21. The Hall–Kier alpha value is -1.81. The van der Waals surface area contributed by atoms with Gasteiger partial charge in [0.15, 0.2) is 0 Å². The molecule has 2 rings (SSSR count). The Bertz CT molecular complexity index is 448. The van der Waals surface area contributed by atoms with Crippen molar-refractivity contribution in [2.24, 2.45) is 0 Å².